The van der Waals surface area contributed by atoms with E-state index in [2.05, 4.69) is 27.6 Å². The van der Waals surface area contributed by atoms with Gasteiger partial charge in [0.25, 0.3) is 0 Å². The van der Waals surface area contributed by atoms with Crippen LogP contribution < -0.4 is 11.3 Å². The fourth-order valence-electron chi connectivity index (χ4n) is 2.17. The van der Waals surface area contributed by atoms with Crippen LogP contribution >= 0.6 is 0 Å². The summed E-state index contributed by atoms with van der Waals surface area (Å²) >= 11 is 0. The Kier molecular flexibility index (Phi) is 5.06. The molecule has 0 amide bonds. The van der Waals surface area contributed by atoms with Crippen LogP contribution in [0.15, 0.2) is 36.8 Å². The van der Waals surface area contributed by atoms with E-state index in [1.54, 1.807) is 6.20 Å². The van der Waals surface area contributed by atoms with Crippen molar-refractivity contribution in [2.75, 3.05) is 0 Å². The molecule has 0 saturated carbocycles. The molecule has 2 aromatic rings. The summed E-state index contributed by atoms with van der Waals surface area (Å²) in [5, 5.41) is 4.17. The lowest BCUT2D eigenvalue weighted by Crippen LogP contribution is -2.36. The molecular formula is C14H21N5. The summed E-state index contributed by atoms with van der Waals surface area (Å²) in [5.74, 6) is 5.63. The van der Waals surface area contributed by atoms with E-state index in [1.165, 1.54) is 11.3 Å². The number of hydrazine groups is 1. The first kappa shape index (κ1) is 13.7. The molecule has 0 aliphatic rings. The Labute approximate surface area is 113 Å². The molecule has 0 bridgehead atoms. The van der Waals surface area contributed by atoms with Gasteiger partial charge in [-0.25, -0.2) is 0 Å². The van der Waals surface area contributed by atoms with Crippen molar-refractivity contribution in [2.45, 2.75) is 31.7 Å². The zero-order chi connectivity index (χ0) is 13.5. The van der Waals surface area contributed by atoms with Crippen LogP contribution in [0.4, 0.5) is 0 Å². The molecule has 5 nitrogen and oxygen atoms in total. The first-order valence-corrected chi connectivity index (χ1v) is 6.61. The van der Waals surface area contributed by atoms with Crippen LogP contribution in [0.2, 0.25) is 0 Å². The lowest BCUT2D eigenvalue weighted by atomic mass is 10.0. The van der Waals surface area contributed by atoms with Crippen LogP contribution in [0.5, 0.6) is 0 Å². The Bertz CT molecular complexity index is 480. The monoisotopic (exact) mass is 259 g/mol. The molecule has 0 spiro atoms. The minimum absolute atomic E-state index is 0.315. The van der Waals surface area contributed by atoms with Gasteiger partial charge in [0.2, 0.25) is 0 Å². The van der Waals surface area contributed by atoms with Gasteiger partial charge >= 0.3 is 0 Å². The second-order valence-corrected chi connectivity index (χ2v) is 4.75. The second kappa shape index (κ2) is 7.01. The van der Waals surface area contributed by atoms with Gasteiger partial charge in [0.15, 0.2) is 0 Å². The summed E-state index contributed by atoms with van der Waals surface area (Å²) in [6.07, 6.45) is 9.54. The van der Waals surface area contributed by atoms with Gasteiger partial charge in [0.05, 0.1) is 0 Å². The lowest BCUT2D eigenvalue weighted by molar-refractivity contribution is 0.458. The summed E-state index contributed by atoms with van der Waals surface area (Å²) in [5.41, 5.74) is 5.39. The predicted molar refractivity (Wildman–Crippen MR) is 75.2 cm³/mol. The third kappa shape index (κ3) is 4.15. The smallest absolute Gasteiger partial charge is 0.0492 e. The first-order chi connectivity index (χ1) is 9.29. The number of hydrogen-bond acceptors (Lipinski definition) is 4. The van der Waals surface area contributed by atoms with Gasteiger partial charge in [-0.3, -0.25) is 20.9 Å². The second-order valence-electron chi connectivity index (χ2n) is 4.75. The van der Waals surface area contributed by atoms with Gasteiger partial charge in [0, 0.05) is 37.4 Å². The van der Waals surface area contributed by atoms with Crippen molar-refractivity contribution in [2.24, 2.45) is 12.9 Å². The molecule has 5 heteroatoms. The standard InChI is InChI=1S/C14H21N5/c1-19-14(8-10-17-19)7-6-13(18-15)5-4-12-3-2-9-16-11-12/h2-3,8-11,13,18H,4-7,15H2,1H3. The highest BCUT2D eigenvalue weighted by atomic mass is 15.3. The molecule has 2 heterocycles. The molecule has 0 aliphatic carbocycles. The zero-order valence-electron chi connectivity index (χ0n) is 11.3. The van der Waals surface area contributed by atoms with E-state index in [4.69, 9.17) is 5.84 Å². The molecule has 2 aromatic heterocycles. The number of hydrogen-bond donors (Lipinski definition) is 2. The Balaban J connectivity index is 1.79. The SMILES string of the molecule is Cn1nccc1CCC(CCc1cccnc1)NN. The maximum atomic E-state index is 5.63. The molecule has 0 aliphatic heterocycles. The number of nitrogens with two attached hydrogens (primary N) is 1. The van der Waals surface area contributed by atoms with Crippen LogP contribution in [0, 0.1) is 0 Å². The van der Waals surface area contributed by atoms with Crippen molar-refractivity contribution in [1.82, 2.24) is 20.2 Å². The molecular weight excluding hydrogens is 238 g/mol. The highest BCUT2D eigenvalue weighted by Crippen LogP contribution is 2.09. The van der Waals surface area contributed by atoms with E-state index in [1.807, 2.05) is 30.2 Å². The van der Waals surface area contributed by atoms with Crippen LogP contribution in [0.1, 0.15) is 24.1 Å². The van der Waals surface area contributed by atoms with Crippen LogP contribution in [-0.2, 0) is 19.9 Å². The van der Waals surface area contributed by atoms with Crippen molar-refractivity contribution in [3.63, 3.8) is 0 Å². The van der Waals surface area contributed by atoms with Crippen LogP contribution in [0.25, 0.3) is 0 Å². The summed E-state index contributed by atoms with van der Waals surface area (Å²) in [6.45, 7) is 0. The van der Waals surface area contributed by atoms with Crippen molar-refractivity contribution in [1.29, 1.82) is 0 Å². The van der Waals surface area contributed by atoms with E-state index in [0.29, 0.717) is 6.04 Å². The summed E-state index contributed by atoms with van der Waals surface area (Å²) < 4.78 is 1.91. The Morgan fingerprint density at radius 2 is 2.11 bits per heavy atom. The molecule has 0 radical (unpaired) electrons. The number of aromatic nitrogens is 3. The van der Waals surface area contributed by atoms with Gasteiger partial charge in [0.1, 0.15) is 0 Å². The van der Waals surface area contributed by atoms with Gasteiger partial charge in [-0.05, 0) is 43.4 Å². The van der Waals surface area contributed by atoms with E-state index < -0.39 is 0 Å². The van der Waals surface area contributed by atoms with Gasteiger partial charge in [-0.2, -0.15) is 5.10 Å². The number of aryl methyl sites for hydroxylation is 3. The summed E-state index contributed by atoms with van der Waals surface area (Å²) in [7, 11) is 1.97. The predicted octanol–water partition coefficient (Wildman–Crippen LogP) is 1.21. The topological polar surface area (TPSA) is 68.8 Å². The Morgan fingerprint density at radius 3 is 2.74 bits per heavy atom. The van der Waals surface area contributed by atoms with Gasteiger partial charge in [-0.15, -0.1) is 0 Å². The Hall–Kier alpha value is -1.72. The minimum atomic E-state index is 0.315. The molecule has 102 valence electrons. The van der Waals surface area contributed by atoms with Crippen LogP contribution in [-0.4, -0.2) is 20.8 Å². The number of nitrogens with zero attached hydrogens (tertiary/aromatic N) is 3. The normalized spacial score (nSPS) is 12.5. The van der Waals surface area contributed by atoms with Crippen molar-refractivity contribution in [3.8, 4) is 0 Å². The lowest BCUT2D eigenvalue weighted by Gasteiger charge is -2.15. The van der Waals surface area contributed by atoms with E-state index >= 15 is 0 Å². The molecule has 2 rings (SSSR count). The van der Waals surface area contributed by atoms with E-state index in [0.717, 1.165) is 25.7 Å². The molecule has 3 N–H and O–H groups in total. The van der Waals surface area contributed by atoms with Crippen molar-refractivity contribution >= 4 is 0 Å². The highest BCUT2D eigenvalue weighted by Gasteiger charge is 2.08. The van der Waals surface area contributed by atoms with E-state index in [-0.39, 0.29) is 0 Å². The number of nitrogens with one attached hydrogen (secondary N) is 1. The fraction of sp³-hybridized carbons (Fsp3) is 0.429. The van der Waals surface area contributed by atoms with Crippen molar-refractivity contribution < 1.29 is 0 Å². The van der Waals surface area contributed by atoms with Gasteiger partial charge < -0.3 is 0 Å². The molecule has 0 saturated heterocycles. The minimum Gasteiger partial charge on any atom is -0.273 e. The number of rotatable bonds is 7. The molecule has 0 aromatic carbocycles. The first-order valence-electron chi connectivity index (χ1n) is 6.61. The van der Waals surface area contributed by atoms with Crippen LogP contribution in [0.3, 0.4) is 0 Å². The molecule has 19 heavy (non-hydrogen) atoms. The van der Waals surface area contributed by atoms with Gasteiger partial charge in [-0.1, -0.05) is 6.07 Å². The Morgan fingerprint density at radius 1 is 1.26 bits per heavy atom. The summed E-state index contributed by atoms with van der Waals surface area (Å²) in [4.78, 5) is 4.12. The fourth-order valence-corrected chi connectivity index (χ4v) is 2.17. The van der Waals surface area contributed by atoms with Crippen molar-refractivity contribution in [3.05, 3.63) is 48.0 Å². The third-order valence-corrected chi connectivity index (χ3v) is 3.41. The molecule has 1 unspecified atom stereocenters. The summed E-state index contributed by atoms with van der Waals surface area (Å²) in [6, 6.07) is 6.43. The zero-order valence-corrected chi connectivity index (χ0v) is 11.3. The average Bonchev–Trinajstić information content (AvgIpc) is 2.86. The average molecular weight is 259 g/mol. The molecule has 1 atom stereocenters. The quantitative estimate of drug-likeness (QED) is 0.579. The molecule has 0 fully saturated rings. The highest BCUT2D eigenvalue weighted by molar-refractivity contribution is 5.08. The van der Waals surface area contributed by atoms with E-state index in [9.17, 15) is 0 Å². The maximum Gasteiger partial charge on any atom is 0.0492 e. The third-order valence-electron chi connectivity index (χ3n) is 3.41. The largest absolute Gasteiger partial charge is 0.273 e. The maximum absolute atomic E-state index is 5.63. The number of pyridine rings is 1.